The molecular weight excluding hydrogens is 272 g/mol. The number of methoxy groups -OCH3 is 1. The Labute approximate surface area is 133 Å². The van der Waals surface area contributed by atoms with Crippen LogP contribution < -0.4 is 0 Å². The van der Waals surface area contributed by atoms with Crippen molar-refractivity contribution in [2.45, 2.75) is 58.5 Å². The third-order valence-corrected chi connectivity index (χ3v) is 7.17. The van der Waals surface area contributed by atoms with Crippen LogP contribution in [0.25, 0.3) is 0 Å². The lowest BCUT2D eigenvalue weighted by Crippen LogP contribution is -2.41. The maximum atomic E-state index is 10.5. The van der Waals surface area contributed by atoms with Crippen LogP contribution in [0.1, 0.15) is 52.4 Å². The summed E-state index contributed by atoms with van der Waals surface area (Å²) in [7, 11) is 1.79. The van der Waals surface area contributed by atoms with E-state index in [1.54, 1.807) is 12.7 Å². The Balaban J connectivity index is 1.75. The van der Waals surface area contributed by atoms with Crippen molar-refractivity contribution in [3.05, 3.63) is 34.6 Å². The van der Waals surface area contributed by atoms with Crippen molar-refractivity contribution in [1.82, 2.24) is 0 Å². The third kappa shape index (κ3) is 1.89. The fourth-order valence-corrected chi connectivity index (χ4v) is 5.74. The van der Waals surface area contributed by atoms with Gasteiger partial charge in [0.2, 0.25) is 0 Å². The minimum absolute atomic E-state index is 0.104. The predicted octanol–water partition coefficient (Wildman–Crippen LogP) is 4.37. The summed E-state index contributed by atoms with van der Waals surface area (Å²) in [6.07, 6.45) is 11.5. The number of aliphatic hydroxyl groups is 1. The Kier molecular flexibility index (Phi) is 3.30. The van der Waals surface area contributed by atoms with Gasteiger partial charge in [0.15, 0.2) is 0 Å². The first kappa shape index (κ1) is 14.6. The molecule has 0 spiro atoms. The van der Waals surface area contributed by atoms with E-state index in [1.807, 2.05) is 0 Å². The molecule has 0 aliphatic heterocycles. The van der Waals surface area contributed by atoms with E-state index in [9.17, 15) is 5.11 Å². The summed E-state index contributed by atoms with van der Waals surface area (Å²) >= 11 is 0. The summed E-state index contributed by atoms with van der Waals surface area (Å²) in [6.45, 7) is 4.63. The number of ether oxygens (including phenoxy) is 1. The Morgan fingerprint density at radius 2 is 2.09 bits per heavy atom. The second-order valence-corrected chi connectivity index (χ2v) is 8.04. The van der Waals surface area contributed by atoms with Crippen LogP contribution in [0, 0.1) is 23.2 Å². The molecule has 1 saturated carbocycles. The second-order valence-electron chi connectivity index (χ2n) is 8.04. The van der Waals surface area contributed by atoms with E-state index in [4.69, 9.17) is 4.74 Å². The molecule has 1 N–H and O–H groups in total. The molecular formula is C20H28O2. The smallest absolute Gasteiger partial charge is 0.0958 e. The van der Waals surface area contributed by atoms with Crippen LogP contribution in [0.5, 0.6) is 0 Å². The van der Waals surface area contributed by atoms with Crippen molar-refractivity contribution in [2.24, 2.45) is 23.2 Å². The molecule has 0 aromatic rings. The predicted molar refractivity (Wildman–Crippen MR) is 88.2 cm³/mol. The van der Waals surface area contributed by atoms with Gasteiger partial charge in [0.05, 0.1) is 19.0 Å². The number of hydrogen-bond acceptors (Lipinski definition) is 2. The van der Waals surface area contributed by atoms with Crippen LogP contribution in [0.2, 0.25) is 0 Å². The molecule has 0 bridgehead atoms. The van der Waals surface area contributed by atoms with Gasteiger partial charge < -0.3 is 9.84 Å². The Bertz CT molecular complexity index is 583. The molecule has 4 rings (SSSR count). The molecule has 4 aliphatic carbocycles. The van der Waals surface area contributed by atoms with Gasteiger partial charge in [-0.05, 0) is 79.6 Å². The van der Waals surface area contributed by atoms with E-state index < -0.39 is 0 Å². The SMILES string of the molecule is COC1=CC2=C(C)C3=CCC4(C)C(O)CCC4C3CC2CC1. The standard InChI is InChI=1S/C20H28O2/c1-12-15-8-9-20(2)18(6-7-19(20)21)17(15)10-13-4-5-14(22-3)11-16(12)13/h8,11,13,17-19,21H,4-7,9-10H2,1-3H3. The molecule has 5 unspecified atom stereocenters. The van der Waals surface area contributed by atoms with Crippen molar-refractivity contribution in [1.29, 1.82) is 0 Å². The first-order valence-corrected chi connectivity index (χ1v) is 8.88. The van der Waals surface area contributed by atoms with Crippen molar-refractivity contribution in [3.8, 4) is 0 Å². The van der Waals surface area contributed by atoms with Crippen molar-refractivity contribution in [3.63, 3.8) is 0 Å². The summed E-state index contributed by atoms with van der Waals surface area (Å²) in [5.41, 5.74) is 4.72. The highest BCUT2D eigenvalue weighted by molar-refractivity contribution is 5.48. The van der Waals surface area contributed by atoms with Crippen LogP contribution in [-0.4, -0.2) is 18.3 Å². The summed E-state index contributed by atoms with van der Waals surface area (Å²) in [5, 5.41) is 10.5. The molecule has 4 aliphatic rings. The van der Waals surface area contributed by atoms with E-state index in [0.717, 1.165) is 25.0 Å². The molecule has 0 aromatic carbocycles. The molecule has 2 nitrogen and oxygen atoms in total. The van der Waals surface area contributed by atoms with Crippen molar-refractivity contribution >= 4 is 0 Å². The molecule has 0 radical (unpaired) electrons. The maximum Gasteiger partial charge on any atom is 0.0958 e. The van der Waals surface area contributed by atoms with Gasteiger partial charge in [-0.15, -0.1) is 0 Å². The number of allylic oxidation sites excluding steroid dienone is 6. The highest BCUT2D eigenvalue weighted by Gasteiger charge is 2.52. The first-order valence-electron chi connectivity index (χ1n) is 8.88. The minimum Gasteiger partial charge on any atom is -0.501 e. The zero-order valence-corrected chi connectivity index (χ0v) is 14.1. The van der Waals surface area contributed by atoms with Gasteiger partial charge in [0, 0.05) is 11.8 Å². The maximum absolute atomic E-state index is 10.5. The number of hydrogen-bond donors (Lipinski definition) is 1. The van der Waals surface area contributed by atoms with Crippen LogP contribution in [0.3, 0.4) is 0 Å². The lowest BCUT2D eigenvalue weighted by molar-refractivity contribution is 0.0180. The Morgan fingerprint density at radius 3 is 2.86 bits per heavy atom. The summed E-state index contributed by atoms with van der Waals surface area (Å²) in [5.74, 6) is 3.18. The molecule has 0 amide bonds. The van der Waals surface area contributed by atoms with Gasteiger partial charge in [-0.25, -0.2) is 0 Å². The lowest BCUT2D eigenvalue weighted by atomic mass is 9.57. The molecule has 1 fully saturated rings. The average molecular weight is 300 g/mol. The molecule has 22 heavy (non-hydrogen) atoms. The number of rotatable bonds is 1. The summed E-state index contributed by atoms with van der Waals surface area (Å²) in [6, 6.07) is 0. The number of aliphatic hydroxyl groups excluding tert-OH is 1. The molecule has 2 heteroatoms. The monoisotopic (exact) mass is 300 g/mol. The van der Waals surface area contributed by atoms with Crippen molar-refractivity contribution in [2.75, 3.05) is 7.11 Å². The van der Waals surface area contributed by atoms with Gasteiger partial charge in [-0.3, -0.25) is 0 Å². The number of fused-ring (bicyclic) bond motifs is 4. The van der Waals surface area contributed by atoms with Gasteiger partial charge >= 0.3 is 0 Å². The third-order valence-electron chi connectivity index (χ3n) is 7.17. The zero-order valence-electron chi connectivity index (χ0n) is 14.1. The minimum atomic E-state index is -0.104. The fraction of sp³-hybridized carbons (Fsp3) is 0.700. The summed E-state index contributed by atoms with van der Waals surface area (Å²) < 4.78 is 5.50. The van der Waals surface area contributed by atoms with E-state index in [1.165, 1.54) is 30.4 Å². The topological polar surface area (TPSA) is 29.5 Å². The summed E-state index contributed by atoms with van der Waals surface area (Å²) in [4.78, 5) is 0. The van der Waals surface area contributed by atoms with Gasteiger partial charge in [0.1, 0.15) is 0 Å². The fourth-order valence-electron chi connectivity index (χ4n) is 5.74. The van der Waals surface area contributed by atoms with E-state index in [0.29, 0.717) is 17.8 Å². The molecule has 5 atom stereocenters. The molecule has 0 aromatic heterocycles. The molecule has 0 heterocycles. The Morgan fingerprint density at radius 1 is 1.27 bits per heavy atom. The van der Waals surface area contributed by atoms with Gasteiger partial charge in [-0.1, -0.05) is 13.0 Å². The van der Waals surface area contributed by atoms with Crippen LogP contribution in [0.15, 0.2) is 34.6 Å². The second kappa shape index (κ2) is 4.99. The normalized spacial score (nSPS) is 43.8. The van der Waals surface area contributed by atoms with Crippen molar-refractivity contribution < 1.29 is 9.84 Å². The average Bonchev–Trinajstić information content (AvgIpc) is 2.83. The van der Waals surface area contributed by atoms with Crippen LogP contribution in [-0.2, 0) is 4.74 Å². The Hall–Kier alpha value is -1.02. The molecule has 120 valence electrons. The zero-order chi connectivity index (χ0) is 15.5. The van der Waals surface area contributed by atoms with Crippen LogP contribution >= 0.6 is 0 Å². The largest absolute Gasteiger partial charge is 0.501 e. The van der Waals surface area contributed by atoms with E-state index in [-0.39, 0.29) is 11.5 Å². The van der Waals surface area contributed by atoms with Gasteiger partial charge in [0.25, 0.3) is 0 Å². The van der Waals surface area contributed by atoms with Gasteiger partial charge in [-0.2, -0.15) is 0 Å². The highest BCUT2D eigenvalue weighted by atomic mass is 16.5. The van der Waals surface area contributed by atoms with E-state index in [2.05, 4.69) is 26.0 Å². The lowest BCUT2D eigenvalue weighted by Gasteiger charge is -2.48. The quantitative estimate of drug-likeness (QED) is 0.779. The van der Waals surface area contributed by atoms with E-state index >= 15 is 0 Å². The van der Waals surface area contributed by atoms with Crippen LogP contribution in [0.4, 0.5) is 0 Å². The first-order chi connectivity index (χ1) is 10.5. The highest BCUT2D eigenvalue weighted by Crippen LogP contribution is 2.59. The molecule has 0 saturated heterocycles.